The molecule has 1 amide bonds. The number of nitrogens with one attached hydrogen (secondary N) is 1. The molecule has 90 valence electrons. The van der Waals surface area contributed by atoms with Gasteiger partial charge >= 0.3 is 0 Å². The molecule has 0 aromatic rings. The lowest BCUT2D eigenvalue weighted by Crippen LogP contribution is -2.39. The molecule has 0 heterocycles. The maximum absolute atomic E-state index is 10.7. The molecule has 0 aromatic carbocycles. The van der Waals surface area contributed by atoms with Gasteiger partial charge in [-0.3, -0.25) is 4.79 Å². The van der Waals surface area contributed by atoms with E-state index < -0.39 is 0 Å². The minimum Gasteiger partial charge on any atom is -0.370 e. The van der Waals surface area contributed by atoms with Crippen LogP contribution in [0.1, 0.15) is 53.4 Å². The first-order valence-electron chi connectivity index (χ1n) is 6.01. The first-order chi connectivity index (χ1) is 6.99. The van der Waals surface area contributed by atoms with Gasteiger partial charge < -0.3 is 11.1 Å². The van der Waals surface area contributed by atoms with Crippen molar-refractivity contribution in [2.24, 2.45) is 11.1 Å². The van der Waals surface area contributed by atoms with E-state index in [1.165, 1.54) is 19.3 Å². The normalized spacial score (nSPS) is 13.9. The molecule has 0 saturated heterocycles. The summed E-state index contributed by atoms with van der Waals surface area (Å²) >= 11 is 0. The lowest BCUT2D eigenvalue weighted by atomic mass is 9.79. The van der Waals surface area contributed by atoms with Crippen LogP contribution in [0.3, 0.4) is 0 Å². The van der Waals surface area contributed by atoms with E-state index in [2.05, 4.69) is 26.1 Å². The van der Waals surface area contributed by atoms with Crippen molar-refractivity contribution in [3.63, 3.8) is 0 Å². The van der Waals surface area contributed by atoms with Gasteiger partial charge in [0.2, 0.25) is 5.91 Å². The second-order valence-corrected chi connectivity index (χ2v) is 4.51. The molecule has 0 rings (SSSR count). The third-order valence-corrected chi connectivity index (χ3v) is 3.58. The van der Waals surface area contributed by atoms with Crippen LogP contribution >= 0.6 is 0 Å². The predicted octanol–water partition coefficient (Wildman–Crippen LogP) is 2.06. The Balaban J connectivity index is 4.04. The molecule has 0 aliphatic heterocycles. The highest BCUT2D eigenvalue weighted by Gasteiger charge is 2.24. The highest BCUT2D eigenvalue weighted by molar-refractivity contribution is 5.74. The summed E-state index contributed by atoms with van der Waals surface area (Å²) in [4.78, 5) is 10.7. The fourth-order valence-corrected chi connectivity index (χ4v) is 1.89. The van der Waals surface area contributed by atoms with E-state index in [1.807, 2.05) is 6.92 Å². The Labute approximate surface area is 93.8 Å². The van der Waals surface area contributed by atoms with Crippen LogP contribution in [-0.4, -0.2) is 18.5 Å². The number of primary amides is 1. The number of carbonyl (C=O) groups excluding carboxylic acids is 1. The van der Waals surface area contributed by atoms with E-state index >= 15 is 0 Å². The molecule has 1 unspecified atom stereocenters. The van der Waals surface area contributed by atoms with Gasteiger partial charge in [-0.1, -0.05) is 20.8 Å². The summed E-state index contributed by atoms with van der Waals surface area (Å²) in [5, 5.41) is 3.41. The van der Waals surface area contributed by atoms with Crippen LogP contribution in [0.2, 0.25) is 0 Å². The van der Waals surface area contributed by atoms with Gasteiger partial charge in [-0.25, -0.2) is 0 Å². The molecule has 1 atom stereocenters. The van der Waals surface area contributed by atoms with E-state index in [0.29, 0.717) is 11.8 Å². The van der Waals surface area contributed by atoms with Crippen LogP contribution in [0.25, 0.3) is 0 Å². The summed E-state index contributed by atoms with van der Waals surface area (Å²) in [6.45, 7) is 9.68. The lowest BCUT2D eigenvalue weighted by Gasteiger charge is -2.32. The summed E-state index contributed by atoms with van der Waals surface area (Å²) in [6.07, 6.45) is 3.95. The first-order valence-corrected chi connectivity index (χ1v) is 6.01. The van der Waals surface area contributed by atoms with Crippen molar-refractivity contribution in [1.29, 1.82) is 0 Å². The highest BCUT2D eigenvalue weighted by Crippen LogP contribution is 2.29. The number of amides is 1. The molecule has 3 N–H and O–H groups in total. The minimum absolute atomic E-state index is 0.187. The number of rotatable bonds is 8. The highest BCUT2D eigenvalue weighted by atomic mass is 16.1. The van der Waals surface area contributed by atoms with Crippen LogP contribution in [0, 0.1) is 5.41 Å². The fourth-order valence-electron chi connectivity index (χ4n) is 1.89. The van der Waals surface area contributed by atoms with Crippen molar-refractivity contribution in [3.8, 4) is 0 Å². The van der Waals surface area contributed by atoms with E-state index in [-0.39, 0.29) is 11.9 Å². The summed E-state index contributed by atoms with van der Waals surface area (Å²) in [7, 11) is 0. The van der Waals surface area contributed by atoms with Gasteiger partial charge in [0.05, 0.1) is 0 Å². The Bertz CT molecular complexity index is 180. The smallest absolute Gasteiger partial charge is 0.218 e. The Hall–Kier alpha value is -0.570. The molecule has 15 heavy (non-hydrogen) atoms. The van der Waals surface area contributed by atoms with Crippen molar-refractivity contribution in [3.05, 3.63) is 0 Å². The number of hydrogen-bond donors (Lipinski definition) is 2. The lowest BCUT2D eigenvalue weighted by molar-refractivity contribution is -0.118. The molecular formula is C12H26N2O. The summed E-state index contributed by atoms with van der Waals surface area (Å²) in [5.74, 6) is -0.231. The zero-order valence-corrected chi connectivity index (χ0v) is 10.6. The van der Waals surface area contributed by atoms with Gasteiger partial charge in [-0.05, 0) is 31.6 Å². The van der Waals surface area contributed by atoms with Crippen molar-refractivity contribution in [2.45, 2.75) is 59.4 Å². The predicted molar refractivity (Wildman–Crippen MR) is 64.6 cm³/mol. The summed E-state index contributed by atoms with van der Waals surface area (Å²) in [5.41, 5.74) is 5.53. The number of nitrogens with two attached hydrogens (primary N) is 1. The molecule has 3 heteroatoms. The number of carbonyl (C=O) groups is 1. The first kappa shape index (κ1) is 14.4. The van der Waals surface area contributed by atoms with E-state index in [0.717, 1.165) is 6.54 Å². The molecule has 0 aliphatic carbocycles. The van der Waals surface area contributed by atoms with Crippen LogP contribution in [0.15, 0.2) is 0 Å². The van der Waals surface area contributed by atoms with Gasteiger partial charge in [-0.2, -0.15) is 0 Å². The zero-order chi connectivity index (χ0) is 11.9. The Morgan fingerprint density at radius 1 is 1.27 bits per heavy atom. The second kappa shape index (κ2) is 6.83. The molecule has 0 aromatic heterocycles. The quantitative estimate of drug-likeness (QED) is 0.650. The van der Waals surface area contributed by atoms with Crippen LogP contribution in [-0.2, 0) is 4.79 Å². The topological polar surface area (TPSA) is 55.1 Å². The van der Waals surface area contributed by atoms with Gasteiger partial charge in [0.15, 0.2) is 0 Å². The van der Waals surface area contributed by atoms with Gasteiger partial charge in [0.25, 0.3) is 0 Å². The van der Waals surface area contributed by atoms with Crippen molar-refractivity contribution in [1.82, 2.24) is 5.32 Å². The SMILES string of the molecule is CCC(CC)(CC)CNC(C)CC(N)=O. The zero-order valence-electron chi connectivity index (χ0n) is 10.6. The maximum atomic E-state index is 10.7. The Morgan fingerprint density at radius 3 is 2.07 bits per heavy atom. The van der Waals surface area contributed by atoms with Crippen molar-refractivity contribution in [2.75, 3.05) is 6.54 Å². The van der Waals surface area contributed by atoms with Crippen LogP contribution in [0.4, 0.5) is 0 Å². The molecule has 3 nitrogen and oxygen atoms in total. The van der Waals surface area contributed by atoms with E-state index in [9.17, 15) is 4.79 Å². The Morgan fingerprint density at radius 2 is 1.73 bits per heavy atom. The van der Waals surface area contributed by atoms with Gasteiger partial charge in [0.1, 0.15) is 0 Å². The molecule has 0 fully saturated rings. The second-order valence-electron chi connectivity index (χ2n) is 4.51. The molecule has 0 aliphatic rings. The van der Waals surface area contributed by atoms with Gasteiger partial charge in [0, 0.05) is 19.0 Å². The maximum Gasteiger partial charge on any atom is 0.218 e. The third-order valence-electron chi connectivity index (χ3n) is 3.58. The number of hydrogen-bond acceptors (Lipinski definition) is 2. The van der Waals surface area contributed by atoms with E-state index in [1.54, 1.807) is 0 Å². The van der Waals surface area contributed by atoms with Gasteiger partial charge in [-0.15, -0.1) is 0 Å². The molecule has 0 bridgehead atoms. The minimum atomic E-state index is -0.231. The van der Waals surface area contributed by atoms with Crippen LogP contribution < -0.4 is 11.1 Å². The molecule has 0 saturated carbocycles. The monoisotopic (exact) mass is 214 g/mol. The molecular weight excluding hydrogens is 188 g/mol. The fraction of sp³-hybridized carbons (Fsp3) is 0.917. The average Bonchev–Trinajstić information content (AvgIpc) is 2.20. The largest absolute Gasteiger partial charge is 0.370 e. The standard InChI is InChI=1S/C12H26N2O/c1-5-12(6-2,7-3)9-14-10(4)8-11(13)15/h10,14H,5-9H2,1-4H3,(H2,13,15). The Kier molecular flexibility index (Phi) is 6.57. The molecule has 0 spiro atoms. The summed E-state index contributed by atoms with van der Waals surface area (Å²) < 4.78 is 0. The molecule has 0 radical (unpaired) electrons. The van der Waals surface area contributed by atoms with Crippen LogP contribution in [0.5, 0.6) is 0 Å². The van der Waals surface area contributed by atoms with E-state index in [4.69, 9.17) is 5.73 Å². The average molecular weight is 214 g/mol. The summed E-state index contributed by atoms with van der Waals surface area (Å²) in [6, 6.07) is 0.187. The van der Waals surface area contributed by atoms with Crippen molar-refractivity contribution < 1.29 is 4.79 Å². The third kappa shape index (κ3) is 5.17. The van der Waals surface area contributed by atoms with Crippen molar-refractivity contribution >= 4 is 5.91 Å².